The van der Waals surface area contributed by atoms with E-state index in [1.54, 1.807) is 42.9 Å². The molecule has 1 aromatic carbocycles. The number of aromatic nitrogens is 5. The van der Waals surface area contributed by atoms with Crippen LogP contribution >= 0.6 is 39.1 Å². The lowest BCUT2D eigenvalue weighted by Gasteiger charge is -2.07. The van der Waals surface area contributed by atoms with E-state index in [9.17, 15) is 13.6 Å². The summed E-state index contributed by atoms with van der Waals surface area (Å²) in [5, 5.41) is 12.6. The average Bonchev–Trinajstić information content (AvgIpc) is 3.22. The molecule has 172 valence electrons. The number of benzene rings is 1. The number of aryl methyl sites for hydroxylation is 2. The van der Waals surface area contributed by atoms with E-state index >= 15 is 0 Å². The van der Waals surface area contributed by atoms with Crippen molar-refractivity contribution in [3.8, 4) is 0 Å². The van der Waals surface area contributed by atoms with Gasteiger partial charge in [0.05, 0.1) is 22.1 Å². The summed E-state index contributed by atoms with van der Waals surface area (Å²) in [5.74, 6) is -0.132. The van der Waals surface area contributed by atoms with Gasteiger partial charge in [-0.05, 0) is 53.5 Å². The predicted octanol–water partition coefficient (Wildman–Crippen LogP) is 5.94. The number of pyridine rings is 1. The topological polar surface area (TPSA) is 77.6 Å². The highest BCUT2D eigenvalue weighted by Gasteiger charge is 2.21. The predicted molar refractivity (Wildman–Crippen MR) is 126 cm³/mol. The maximum absolute atomic E-state index is 13.5. The number of nitrogens with zero attached hydrogens (tertiary/aromatic N) is 5. The number of halogens is 5. The standard InChI is InChI=1S/C21H17BrCl2F2N6O/c1-10-5-14(19(25)26)18-11(2)29-32(21(18)27-10)9-17(33)28-20-15(22)8-31(30-20)7-12-3-4-13(23)6-16(12)24/h3-6,8,19H,7,9H2,1-2H3,(H,28,30,33). The van der Waals surface area contributed by atoms with E-state index in [-0.39, 0.29) is 23.1 Å². The monoisotopic (exact) mass is 556 g/mol. The van der Waals surface area contributed by atoms with Crippen molar-refractivity contribution in [2.75, 3.05) is 5.32 Å². The molecule has 3 aromatic heterocycles. The average molecular weight is 558 g/mol. The molecule has 12 heteroatoms. The van der Waals surface area contributed by atoms with Crippen molar-refractivity contribution in [3.63, 3.8) is 0 Å². The number of nitrogens with one attached hydrogen (secondary N) is 1. The molecule has 0 unspecified atom stereocenters. The fourth-order valence-corrected chi connectivity index (χ4v) is 4.38. The maximum Gasteiger partial charge on any atom is 0.264 e. The Bertz CT molecular complexity index is 1370. The van der Waals surface area contributed by atoms with E-state index in [1.165, 1.54) is 10.7 Å². The molecule has 0 atom stereocenters. The first-order valence-electron chi connectivity index (χ1n) is 9.72. The molecular formula is C21H17BrCl2F2N6O. The first-order valence-corrected chi connectivity index (χ1v) is 11.3. The van der Waals surface area contributed by atoms with E-state index in [0.717, 1.165) is 5.56 Å². The van der Waals surface area contributed by atoms with Crippen LogP contribution in [0.2, 0.25) is 10.0 Å². The first kappa shape index (κ1) is 23.6. The van der Waals surface area contributed by atoms with Gasteiger partial charge in [-0.15, -0.1) is 0 Å². The summed E-state index contributed by atoms with van der Waals surface area (Å²) < 4.78 is 30.5. The minimum absolute atomic E-state index is 0.149. The number of carbonyl (C=O) groups excluding carboxylic acids is 1. The Morgan fingerprint density at radius 2 is 1.97 bits per heavy atom. The molecule has 4 aromatic rings. The SMILES string of the molecule is Cc1cc(C(F)F)c2c(C)nn(CC(=O)Nc3nn(Cc4ccc(Cl)cc4Cl)cc3Br)c2n1. The van der Waals surface area contributed by atoms with Crippen LogP contribution in [0, 0.1) is 13.8 Å². The number of carbonyl (C=O) groups is 1. The third kappa shape index (κ3) is 5.02. The first-order chi connectivity index (χ1) is 15.6. The minimum atomic E-state index is -2.67. The second kappa shape index (κ2) is 9.36. The molecule has 0 saturated carbocycles. The molecule has 0 aliphatic heterocycles. The molecule has 3 heterocycles. The Hall–Kier alpha value is -2.56. The largest absolute Gasteiger partial charge is 0.307 e. The molecular weight excluding hydrogens is 541 g/mol. The van der Waals surface area contributed by atoms with E-state index in [1.807, 2.05) is 0 Å². The van der Waals surface area contributed by atoms with Gasteiger partial charge in [-0.3, -0.25) is 9.48 Å². The van der Waals surface area contributed by atoms with Gasteiger partial charge < -0.3 is 5.32 Å². The quantitative estimate of drug-likeness (QED) is 0.318. The Morgan fingerprint density at radius 1 is 1.21 bits per heavy atom. The van der Waals surface area contributed by atoms with Crippen LogP contribution in [0.3, 0.4) is 0 Å². The van der Waals surface area contributed by atoms with Crippen LogP contribution in [0.1, 0.15) is 28.9 Å². The number of hydrogen-bond donors (Lipinski definition) is 1. The van der Waals surface area contributed by atoms with Gasteiger partial charge in [0.1, 0.15) is 6.54 Å². The second-order valence-electron chi connectivity index (χ2n) is 7.40. The van der Waals surface area contributed by atoms with Crippen molar-refractivity contribution in [2.45, 2.75) is 33.4 Å². The molecule has 1 N–H and O–H groups in total. The number of rotatable bonds is 6. The summed E-state index contributed by atoms with van der Waals surface area (Å²) in [6.07, 6.45) is -0.971. The number of hydrogen-bond acceptors (Lipinski definition) is 4. The molecule has 0 radical (unpaired) electrons. The van der Waals surface area contributed by atoms with Crippen LogP contribution in [-0.2, 0) is 17.9 Å². The van der Waals surface area contributed by atoms with Crippen molar-refractivity contribution < 1.29 is 13.6 Å². The Kier molecular flexibility index (Phi) is 6.69. The highest BCUT2D eigenvalue weighted by molar-refractivity contribution is 9.10. The smallest absolute Gasteiger partial charge is 0.264 e. The third-order valence-electron chi connectivity index (χ3n) is 4.89. The normalized spacial score (nSPS) is 11.5. The van der Waals surface area contributed by atoms with E-state index in [0.29, 0.717) is 38.3 Å². The molecule has 33 heavy (non-hydrogen) atoms. The fourth-order valence-electron chi connectivity index (χ4n) is 3.49. The summed E-state index contributed by atoms with van der Waals surface area (Å²) >= 11 is 15.5. The lowest BCUT2D eigenvalue weighted by Crippen LogP contribution is -2.20. The maximum atomic E-state index is 13.5. The number of fused-ring (bicyclic) bond motifs is 1. The van der Waals surface area contributed by atoms with Crippen LogP contribution in [0.4, 0.5) is 14.6 Å². The van der Waals surface area contributed by atoms with Crippen LogP contribution in [-0.4, -0.2) is 30.5 Å². The number of anilines is 1. The minimum Gasteiger partial charge on any atom is -0.307 e. The van der Waals surface area contributed by atoms with Crippen molar-refractivity contribution in [3.05, 3.63) is 67.5 Å². The highest BCUT2D eigenvalue weighted by atomic mass is 79.9. The molecule has 1 amide bonds. The molecule has 0 fully saturated rings. The zero-order valence-corrected chi connectivity index (χ0v) is 20.5. The van der Waals surface area contributed by atoms with Gasteiger partial charge in [-0.2, -0.15) is 10.2 Å². The van der Waals surface area contributed by atoms with Crippen molar-refractivity contribution in [1.82, 2.24) is 24.5 Å². The van der Waals surface area contributed by atoms with Gasteiger partial charge in [-0.1, -0.05) is 29.3 Å². The fraction of sp³-hybridized carbons (Fsp3) is 0.238. The van der Waals surface area contributed by atoms with Gasteiger partial charge in [0.2, 0.25) is 5.91 Å². The molecule has 0 spiro atoms. The Labute approximate surface area is 205 Å². The Morgan fingerprint density at radius 3 is 2.67 bits per heavy atom. The van der Waals surface area contributed by atoms with Crippen LogP contribution in [0.15, 0.2) is 34.9 Å². The molecule has 0 bridgehead atoms. The molecule has 0 saturated heterocycles. The van der Waals surface area contributed by atoms with Gasteiger partial charge in [-0.25, -0.2) is 18.4 Å². The van der Waals surface area contributed by atoms with Gasteiger partial charge in [0.25, 0.3) is 6.43 Å². The second-order valence-corrected chi connectivity index (χ2v) is 9.10. The molecule has 4 rings (SSSR count). The lowest BCUT2D eigenvalue weighted by molar-refractivity contribution is -0.116. The summed E-state index contributed by atoms with van der Waals surface area (Å²) in [6.45, 7) is 3.38. The van der Waals surface area contributed by atoms with Crippen molar-refractivity contribution in [2.24, 2.45) is 0 Å². The number of alkyl halides is 2. The van der Waals surface area contributed by atoms with E-state index in [4.69, 9.17) is 23.2 Å². The third-order valence-corrected chi connectivity index (χ3v) is 6.05. The highest BCUT2D eigenvalue weighted by Crippen LogP contribution is 2.30. The zero-order valence-electron chi connectivity index (χ0n) is 17.4. The van der Waals surface area contributed by atoms with Crippen molar-refractivity contribution >= 4 is 61.9 Å². The molecule has 0 aliphatic rings. The summed E-state index contributed by atoms with van der Waals surface area (Å²) in [4.78, 5) is 17.0. The van der Waals surface area contributed by atoms with E-state index in [2.05, 4.69) is 36.4 Å². The van der Waals surface area contributed by atoms with E-state index < -0.39 is 12.3 Å². The van der Waals surface area contributed by atoms with Crippen LogP contribution in [0.25, 0.3) is 11.0 Å². The Balaban J connectivity index is 1.53. The number of amides is 1. The van der Waals surface area contributed by atoms with Crippen LogP contribution in [0.5, 0.6) is 0 Å². The molecule has 0 aliphatic carbocycles. The van der Waals surface area contributed by atoms with Gasteiger partial charge in [0.15, 0.2) is 11.5 Å². The van der Waals surface area contributed by atoms with Gasteiger partial charge in [0, 0.05) is 27.5 Å². The lowest BCUT2D eigenvalue weighted by atomic mass is 10.1. The zero-order chi connectivity index (χ0) is 23.9. The van der Waals surface area contributed by atoms with Crippen LogP contribution < -0.4 is 5.32 Å². The summed E-state index contributed by atoms with van der Waals surface area (Å²) in [5.41, 5.74) is 1.69. The van der Waals surface area contributed by atoms with Crippen molar-refractivity contribution in [1.29, 1.82) is 0 Å². The summed E-state index contributed by atoms with van der Waals surface area (Å²) in [7, 11) is 0. The molecule has 7 nitrogen and oxygen atoms in total. The van der Waals surface area contributed by atoms with Gasteiger partial charge >= 0.3 is 0 Å². The summed E-state index contributed by atoms with van der Waals surface area (Å²) in [6, 6.07) is 6.51.